The number of methoxy groups -OCH3 is 1. The Balaban J connectivity index is 1.32. The molecule has 0 bridgehead atoms. The highest BCUT2D eigenvalue weighted by Crippen LogP contribution is 2.31. The zero-order valence-electron chi connectivity index (χ0n) is 18.6. The highest BCUT2D eigenvalue weighted by molar-refractivity contribution is 7.89. The first kappa shape index (κ1) is 23.7. The van der Waals surface area contributed by atoms with Crippen LogP contribution in [0.5, 0.6) is 17.2 Å². The summed E-state index contributed by atoms with van der Waals surface area (Å²) in [6.07, 6.45) is 0.808. The quantitative estimate of drug-likeness (QED) is 0.527. The van der Waals surface area contributed by atoms with Gasteiger partial charge in [-0.2, -0.15) is 4.31 Å². The maximum Gasteiger partial charge on any atom is 0.243 e. The van der Waals surface area contributed by atoms with E-state index in [-0.39, 0.29) is 29.8 Å². The lowest BCUT2D eigenvalue weighted by molar-refractivity contribution is -0.120. The van der Waals surface area contributed by atoms with Gasteiger partial charge >= 0.3 is 0 Å². The third kappa shape index (κ3) is 5.37. The average Bonchev–Trinajstić information content (AvgIpc) is 2.86. The number of nitrogens with zero attached hydrogens (tertiary/aromatic N) is 1. The number of hydrogen-bond acceptors (Lipinski definition) is 5. The van der Waals surface area contributed by atoms with Crippen LogP contribution in [-0.2, 0) is 14.8 Å². The van der Waals surface area contributed by atoms with Crippen molar-refractivity contribution in [2.24, 2.45) is 5.92 Å². The van der Waals surface area contributed by atoms with E-state index in [0.717, 1.165) is 12.1 Å². The van der Waals surface area contributed by atoms with Gasteiger partial charge < -0.3 is 14.8 Å². The lowest BCUT2D eigenvalue weighted by Gasteiger charge is -2.30. The van der Waals surface area contributed by atoms with Crippen molar-refractivity contribution in [2.45, 2.75) is 17.7 Å². The molecule has 0 aliphatic carbocycles. The molecular weight excluding hydrogens is 459 g/mol. The average molecular weight is 485 g/mol. The Labute approximate surface area is 198 Å². The molecular formula is C25H25FN2O5S. The Morgan fingerprint density at radius 1 is 0.941 bits per heavy atom. The van der Waals surface area contributed by atoms with Crippen LogP contribution in [0.4, 0.5) is 10.1 Å². The van der Waals surface area contributed by atoms with Crippen LogP contribution < -0.4 is 14.8 Å². The fourth-order valence-electron chi connectivity index (χ4n) is 3.79. The summed E-state index contributed by atoms with van der Waals surface area (Å²) in [5, 5.41) is 2.89. The summed E-state index contributed by atoms with van der Waals surface area (Å²) >= 11 is 0. The number of halogens is 1. The van der Waals surface area contributed by atoms with E-state index >= 15 is 0 Å². The van der Waals surface area contributed by atoms with Crippen molar-refractivity contribution < 1.29 is 27.1 Å². The van der Waals surface area contributed by atoms with E-state index in [2.05, 4.69) is 5.32 Å². The molecule has 0 spiro atoms. The lowest BCUT2D eigenvalue weighted by Crippen LogP contribution is -2.41. The molecule has 9 heteroatoms. The maximum atomic E-state index is 13.1. The number of carbonyl (C=O) groups is 1. The minimum Gasteiger partial charge on any atom is -0.493 e. The van der Waals surface area contributed by atoms with Crippen LogP contribution in [0.2, 0.25) is 0 Å². The van der Waals surface area contributed by atoms with Crippen LogP contribution in [0.25, 0.3) is 0 Å². The van der Waals surface area contributed by atoms with Crippen molar-refractivity contribution in [3.05, 3.63) is 78.6 Å². The van der Waals surface area contributed by atoms with Crippen LogP contribution in [0.1, 0.15) is 12.8 Å². The number of rotatable bonds is 7. The number of benzene rings is 3. The fourth-order valence-corrected chi connectivity index (χ4v) is 5.26. The van der Waals surface area contributed by atoms with Gasteiger partial charge in [-0.3, -0.25) is 4.79 Å². The van der Waals surface area contributed by atoms with Gasteiger partial charge in [-0.1, -0.05) is 12.1 Å². The molecule has 1 saturated heterocycles. The molecule has 34 heavy (non-hydrogen) atoms. The van der Waals surface area contributed by atoms with Crippen LogP contribution in [0, 0.1) is 11.7 Å². The molecule has 0 atom stereocenters. The molecule has 3 aromatic carbocycles. The van der Waals surface area contributed by atoms with Crippen LogP contribution >= 0.6 is 0 Å². The number of amides is 1. The van der Waals surface area contributed by atoms with Gasteiger partial charge in [0.1, 0.15) is 11.6 Å². The van der Waals surface area contributed by atoms with Crippen molar-refractivity contribution in [1.82, 2.24) is 4.31 Å². The van der Waals surface area contributed by atoms with E-state index < -0.39 is 15.8 Å². The van der Waals surface area contributed by atoms with E-state index in [1.165, 1.54) is 16.4 Å². The molecule has 0 aromatic heterocycles. The summed E-state index contributed by atoms with van der Waals surface area (Å²) in [4.78, 5) is 12.8. The van der Waals surface area contributed by atoms with E-state index in [0.29, 0.717) is 35.8 Å². The number of nitrogens with one attached hydrogen (secondary N) is 1. The van der Waals surface area contributed by atoms with E-state index in [9.17, 15) is 17.6 Å². The van der Waals surface area contributed by atoms with Crippen LogP contribution in [-0.4, -0.2) is 38.8 Å². The van der Waals surface area contributed by atoms with Crippen LogP contribution in [0.3, 0.4) is 0 Å². The summed E-state index contributed by atoms with van der Waals surface area (Å²) in [6.45, 7) is 0.451. The Kier molecular flexibility index (Phi) is 7.14. The Morgan fingerprint density at radius 3 is 2.18 bits per heavy atom. The molecule has 0 saturated carbocycles. The first-order chi connectivity index (χ1) is 16.4. The van der Waals surface area contributed by atoms with E-state index in [1.807, 2.05) is 12.1 Å². The van der Waals surface area contributed by atoms with Crippen molar-refractivity contribution in [3.63, 3.8) is 0 Å². The SMILES string of the molecule is COc1ccccc1Oc1ccc(NC(=O)C2CCN(S(=O)(=O)c3ccc(F)cc3)CC2)cc1. The number of hydrogen-bond donors (Lipinski definition) is 1. The van der Waals surface area contributed by atoms with Gasteiger partial charge in [0, 0.05) is 24.7 Å². The van der Waals surface area contributed by atoms with Crippen molar-refractivity contribution in [2.75, 3.05) is 25.5 Å². The van der Waals surface area contributed by atoms with Crippen LogP contribution in [0.15, 0.2) is 77.7 Å². The predicted octanol–water partition coefficient (Wildman–Crippen LogP) is 4.67. The normalized spacial score (nSPS) is 15.0. The first-order valence-electron chi connectivity index (χ1n) is 10.8. The Bertz CT molecular complexity index is 1240. The zero-order chi connectivity index (χ0) is 24.1. The molecule has 178 valence electrons. The minimum atomic E-state index is -3.71. The number of anilines is 1. The molecule has 4 rings (SSSR count). The molecule has 7 nitrogen and oxygen atoms in total. The minimum absolute atomic E-state index is 0.0484. The van der Waals surface area contributed by atoms with Gasteiger partial charge in [0.15, 0.2) is 11.5 Å². The Hall–Kier alpha value is -3.43. The van der Waals surface area contributed by atoms with Gasteiger partial charge in [-0.15, -0.1) is 0 Å². The first-order valence-corrected chi connectivity index (χ1v) is 12.3. The van der Waals surface area contributed by atoms with E-state index in [4.69, 9.17) is 9.47 Å². The van der Waals surface area contributed by atoms with Crippen molar-refractivity contribution in [3.8, 4) is 17.2 Å². The van der Waals surface area contributed by atoms with Gasteiger partial charge in [0.25, 0.3) is 0 Å². The van der Waals surface area contributed by atoms with Crippen molar-refractivity contribution in [1.29, 1.82) is 0 Å². The summed E-state index contributed by atoms with van der Waals surface area (Å²) in [5.41, 5.74) is 0.624. The molecule has 3 aromatic rings. The fraction of sp³-hybridized carbons (Fsp3) is 0.240. The standard InChI is InChI=1S/C25H25FN2O5S/c1-32-23-4-2-3-5-24(23)33-21-10-8-20(9-11-21)27-25(29)18-14-16-28(17-15-18)34(30,31)22-12-6-19(26)7-13-22/h2-13,18H,14-17H2,1H3,(H,27,29). The summed E-state index contributed by atoms with van der Waals surface area (Å²) in [5.74, 6) is 0.855. The molecule has 1 aliphatic rings. The van der Waals surface area contributed by atoms with Crippen molar-refractivity contribution >= 4 is 21.6 Å². The number of sulfonamides is 1. The third-order valence-electron chi connectivity index (χ3n) is 5.69. The number of piperidine rings is 1. The summed E-state index contributed by atoms with van der Waals surface area (Å²) in [6, 6.07) is 19.1. The molecule has 1 fully saturated rings. The molecule has 0 unspecified atom stereocenters. The summed E-state index contributed by atoms with van der Waals surface area (Å²) in [7, 11) is -2.14. The largest absolute Gasteiger partial charge is 0.493 e. The Morgan fingerprint density at radius 2 is 1.56 bits per heavy atom. The number of ether oxygens (including phenoxy) is 2. The predicted molar refractivity (Wildman–Crippen MR) is 126 cm³/mol. The second-order valence-electron chi connectivity index (χ2n) is 7.90. The summed E-state index contributed by atoms with van der Waals surface area (Å²) < 4.78 is 51.1. The smallest absolute Gasteiger partial charge is 0.243 e. The van der Waals surface area contributed by atoms with Gasteiger partial charge in [-0.05, 0) is 73.5 Å². The second kappa shape index (κ2) is 10.2. The molecule has 1 heterocycles. The van der Waals surface area contributed by atoms with Gasteiger partial charge in [0.05, 0.1) is 12.0 Å². The molecule has 0 radical (unpaired) electrons. The third-order valence-corrected chi connectivity index (χ3v) is 7.61. The zero-order valence-corrected chi connectivity index (χ0v) is 19.4. The molecule has 1 N–H and O–H groups in total. The van der Waals surface area contributed by atoms with Gasteiger partial charge in [-0.25, -0.2) is 12.8 Å². The number of para-hydroxylation sites is 2. The highest BCUT2D eigenvalue weighted by Gasteiger charge is 2.32. The highest BCUT2D eigenvalue weighted by atomic mass is 32.2. The lowest BCUT2D eigenvalue weighted by atomic mass is 9.97. The van der Waals surface area contributed by atoms with E-state index in [1.54, 1.807) is 43.5 Å². The maximum absolute atomic E-state index is 13.1. The number of carbonyl (C=O) groups excluding carboxylic acids is 1. The van der Waals surface area contributed by atoms with Gasteiger partial charge in [0.2, 0.25) is 15.9 Å². The monoisotopic (exact) mass is 484 g/mol. The molecule has 1 amide bonds. The second-order valence-corrected chi connectivity index (χ2v) is 9.84. The molecule has 1 aliphatic heterocycles. The topological polar surface area (TPSA) is 84.9 Å².